The highest BCUT2D eigenvalue weighted by atomic mass is 19.3. The fourth-order valence-electron chi connectivity index (χ4n) is 3.94. The first kappa shape index (κ1) is 21.7. The Bertz CT molecular complexity index is 857. The molecule has 0 aromatic heterocycles. The maximum atomic E-state index is 12.5. The van der Waals surface area contributed by atoms with Crippen LogP contribution in [0.2, 0.25) is 0 Å². The summed E-state index contributed by atoms with van der Waals surface area (Å²) in [5.41, 5.74) is 4.33. The molecule has 160 valence electrons. The Balaban J connectivity index is 1.63. The molecule has 1 atom stereocenters. The molecule has 2 aromatic carbocycles. The average Bonchev–Trinajstić information content (AvgIpc) is 3.05. The Morgan fingerprint density at radius 1 is 1.00 bits per heavy atom. The van der Waals surface area contributed by atoms with Gasteiger partial charge < -0.3 is 9.84 Å². The monoisotopic (exact) mass is 417 g/mol. The van der Waals surface area contributed by atoms with Crippen LogP contribution in [0, 0.1) is 0 Å². The highest BCUT2D eigenvalue weighted by Crippen LogP contribution is 2.44. The smallest absolute Gasteiger partial charge is 0.410 e. The molecule has 3 rings (SSSR count). The van der Waals surface area contributed by atoms with Crippen molar-refractivity contribution in [2.75, 3.05) is 13.7 Å². The van der Waals surface area contributed by atoms with Crippen molar-refractivity contribution in [1.82, 2.24) is 4.90 Å². The van der Waals surface area contributed by atoms with E-state index in [-0.39, 0.29) is 31.8 Å². The standard InChI is InChI=1S/C23H25F2NO4/c1-26(20(22(27)28)12-6-7-13-21(24)25)23(29)30-14-19-17-10-4-2-8-15(17)16-9-3-5-11-18(16)19/h2-5,8-11,19-21H,6-7,12-14H2,1H3,(H,27,28)/t20-/m0/s1. The van der Waals surface area contributed by atoms with Crippen LogP contribution in [-0.4, -0.2) is 48.2 Å². The van der Waals surface area contributed by atoms with Gasteiger partial charge in [-0.3, -0.25) is 4.90 Å². The van der Waals surface area contributed by atoms with Gasteiger partial charge in [0, 0.05) is 19.4 Å². The number of ether oxygens (including phenoxy) is 1. The van der Waals surface area contributed by atoms with Gasteiger partial charge in [-0.25, -0.2) is 18.4 Å². The third-order valence-corrected chi connectivity index (χ3v) is 5.53. The molecule has 0 unspecified atom stereocenters. The number of alkyl halides is 2. The van der Waals surface area contributed by atoms with Gasteiger partial charge >= 0.3 is 12.1 Å². The minimum atomic E-state index is -2.41. The topological polar surface area (TPSA) is 66.8 Å². The van der Waals surface area contributed by atoms with Gasteiger partial charge in [0.25, 0.3) is 0 Å². The van der Waals surface area contributed by atoms with Crippen LogP contribution in [0.4, 0.5) is 13.6 Å². The molecule has 0 bridgehead atoms. The minimum absolute atomic E-state index is 0.0922. The number of amides is 1. The van der Waals surface area contributed by atoms with Crippen LogP contribution in [0.5, 0.6) is 0 Å². The molecule has 1 aliphatic rings. The van der Waals surface area contributed by atoms with Crippen molar-refractivity contribution >= 4 is 12.1 Å². The molecule has 5 nitrogen and oxygen atoms in total. The number of aliphatic carboxylic acids is 1. The number of hydrogen-bond donors (Lipinski definition) is 1. The third kappa shape index (κ3) is 4.78. The zero-order chi connectivity index (χ0) is 21.7. The van der Waals surface area contributed by atoms with Gasteiger partial charge in [0.15, 0.2) is 0 Å². The molecule has 0 heterocycles. The maximum absolute atomic E-state index is 12.5. The van der Waals surface area contributed by atoms with Crippen molar-refractivity contribution in [3.8, 4) is 11.1 Å². The molecular weight excluding hydrogens is 392 g/mol. The van der Waals surface area contributed by atoms with Crippen LogP contribution in [-0.2, 0) is 9.53 Å². The zero-order valence-corrected chi connectivity index (χ0v) is 16.8. The molecule has 0 aliphatic heterocycles. The van der Waals surface area contributed by atoms with E-state index in [1.807, 2.05) is 48.5 Å². The van der Waals surface area contributed by atoms with E-state index < -0.39 is 24.5 Å². The summed E-state index contributed by atoms with van der Waals surface area (Å²) in [4.78, 5) is 25.1. The minimum Gasteiger partial charge on any atom is -0.480 e. The second-order valence-electron chi connectivity index (χ2n) is 7.44. The predicted octanol–water partition coefficient (Wildman–Crippen LogP) is 5.15. The van der Waals surface area contributed by atoms with Gasteiger partial charge in [0.1, 0.15) is 12.6 Å². The van der Waals surface area contributed by atoms with Gasteiger partial charge in [0.2, 0.25) is 6.43 Å². The van der Waals surface area contributed by atoms with Crippen molar-refractivity contribution in [3.63, 3.8) is 0 Å². The van der Waals surface area contributed by atoms with E-state index in [1.165, 1.54) is 7.05 Å². The van der Waals surface area contributed by atoms with Gasteiger partial charge in [0.05, 0.1) is 0 Å². The fraction of sp³-hybridized carbons (Fsp3) is 0.391. The van der Waals surface area contributed by atoms with E-state index in [0.29, 0.717) is 6.42 Å². The van der Waals surface area contributed by atoms with Crippen molar-refractivity contribution in [2.45, 2.75) is 44.1 Å². The summed E-state index contributed by atoms with van der Waals surface area (Å²) < 4.78 is 30.0. The maximum Gasteiger partial charge on any atom is 0.410 e. The van der Waals surface area contributed by atoms with Crippen molar-refractivity contribution < 1.29 is 28.2 Å². The van der Waals surface area contributed by atoms with Gasteiger partial charge in [-0.1, -0.05) is 55.0 Å². The normalized spacial score (nSPS) is 13.6. The third-order valence-electron chi connectivity index (χ3n) is 5.53. The lowest BCUT2D eigenvalue weighted by molar-refractivity contribution is -0.142. The van der Waals surface area contributed by atoms with Crippen LogP contribution in [0.25, 0.3) is 11.1 Å². The molecule has 0 fully saturated rings. The summed E-state index contributed by atoms with van der Waals surface area (Å²) in [7, 11) is 1.37. The molecule has 1 N–H and O–H groups in total. The largest absolute Gasteiger partial charge is 0.480 e. The molecule has 0 saturated carbocycles. The van der Waals surface area contributed by atoms with E-state index >= 15 is 0 Å². The second-order valence-corrected chi connectivity index (χ2v) is 7.44. The number of carboxylic acid groups (broad SMARTS) is 1. The Morgan fingerprint density at radius 2 is 1.53 bits per heavy atom. The summed E-state index contributed by atoms with van der Waals surface area (Å²) in [6.45, 7) is 0.0922. The number of rotatable bonds is 9. The Kier molecular flexibility index (Phi) is 7.03. The lowest BCUT2D eigenvalue weighted by atomic mass is 9.98. The quantitative estimate of drug-likeness (QED) is 0.574. The molecule has 0 spiro atoms. The summed E-state index contributed by atoms with van der Waals surface area (Å²) in [5, 5.41) is 9.44. The van der Waals surface area contributed by atoms with Gasteiger partial charge in [-0.05, 0) is 35.1 Å². The summed E-state index contributed by atoms with van der Waals surface area (Å²) in [5.74, 6) is -1.30. The van der Waals surface area contributed by atoms with E-state index in [0.717, 1.165) is 27.2 Å². The highest BCUT2D eigenvalue weighted by molar-refractivity contribution is 5.81. The number of likely N-dealkylation sites (N-methyl/N-ethyl adjacent to an activating group) is 1. The van der Waals surface area contributed by atoms with Crippen LogP contribution in [0.1, 0.15) is 42.7 Å². The highest BCUT2D eigenvalue weighted by Gasteiger charge is 2.31. The molecular formula is C23H25F2NO4. The van der Waals surface area contributed by atoms with Crippen molar-refractivity contribution in [3.05, 3.63) is 59.7 Å². The fourth-order valence-corrected chi connectivity index (χ4v) is 3.94. The van der Waals surface area contributed by atoms with Crippen LogP contribution in [0.3, 0.4) is 0 Å². The number of carbonyl (C=O) groups is 2. The van der Waals surface area contributed by atoms with E-state index in [2.05, 4.69) is 0 Å². The number of fused-ring (bicyclic) bond motifs is 3. The van der Waals surface area contributed by atoms with E-state index in [9.17, 15) is 23.5 Å². The van der Waals surface area contributed by atoms with Crippen LogP contribution >= 0.6 is 0 Å². The number of halogens is 2. The first-order chi connectivity index (χ1) is 14.4. The molecule has 30 heavy (non-hydrogen) atoms. The van der Waals surface area contributed by atoms with Crippen LogP contribution in [0.15, 0.2) is 48.5 Å². The predicted molar refractivity (Wildman–Crippen MR) is 109 cm³/mol. The second kappa shape index (κ2) is 9.69. The molecule has 0 radical (unpaired) electrons. The average molecular weight is 417 g/mol. The number of hydrogen-bond acceptors (Lipinski definition) is 3. The number of benzene rings is 2. The summed E-state index contributed by atoms with van der Waals surface area (Å²) in [6, 6.07) is 14.7. The van der Waals surface area contributed by atoms with E-state index in [1.54, 1.807) is 0 Å². The number of carbonyl (C=O) groups excluding carboxylic acids is 1. The Morgan fingerprint density at radius 3 is 2.07 bits per heavy atom. The van der Waals surface area contributed by atoms with E-state index in [4.69, 9.17) is 4.74 Å². The summed E-state index contributed by atoms with van der Waals surface area (Å²) in [6.07, 6.45) is -2.82. The lowest BCUT2D eigenvalue weighted by Gasteiger charge is -2.25. The zero-order valence-electron chi connectivity index (χ0n) is 16.8. The number of unbranched alkanes of at least 4 members (excludes halogenated alkanes) is 1. The van der Waals surface area contributed by atoms with Crippen LogP contribution < -0.4 is 0 Å². The molecule has 0 saturated heterocycles. The Hall–Kier alpha value is -2.96. The Labute approximate surface area is 174 Å². The summed E-state index contributed by atoms with van der Waals surface area (Å²) >= 11 is 0. The SMILES string of the molecule is CN(C(=O)OCC1c2ccccc2-c2ccccc21)[C@@H](CCCCC(F)F)C(=O)O. The molecule has 1 amide bonds. The number of nitrogens with zero attached hydrogens (tertiary/aromatic N) is 1. The lowest BCUT2D eigenvalue weighted by Crippen LogP contribution is -2.43. The van der Waals surface area contributed by atoms with Gasteiger partial charge in [-0.15, -0.1) is 0 Å². The van der Waals surface area contributed by atoms with Crippen molar-refractivity contribution in [1.29, 1.82) is 0 Å². The molecule has 2 aromatic rings. The molecule has 7 heteroatoms. The number of carboxylic acids is 1. The molecule has 1 aliphatic carbocycles. The first-order valence-electron chi connectivity index (χ1n) is 9.99. The van der Waals surface area contributed by atoms with Crippen molar-refractivity contribution in [2.24, 2.45) is 0 Å². The first-order valence-corrected chi connectivity index (χ1v) is 9.99. The van der Waals surface area contributed by atoms with Gasteiger partial charge in [-0.2, -0.15) is 0 Å².